The molecule has 1 saturated carbocycles. The number of ether oxygens (including phenoxy) is 2. The van der Waals surface area contributed by atoms with Crippen LogP contribution in [0.5, 0.6) is 5.75 Å². The number of carbonyl (C=O) groups excluding carboxylic acids is 1. The second kappa shape index (κ2) is 9.36. The fraction of sp³-hybridized carbons (Fsp3) is 0.296. The lowest BCUT2D eigenvalue weighted by atomic mass is 9.91. The Morgan fingerprint density at radius 3 is 2.39 bits per heavy atom. The Morgan fingerprint density at radius 1 is 1.09 bits per heavy atom. The molecule has 1 fully saturated rings. The highest BCUT2D eigenvalue weighted by atomic mass is 32.2. The maximum atomic E-state index is 13.8. The Kier molecular flexibility index (Phi) is 6.53. The molecule has 0 spiro atoms. The van der Waals surface area contributed by atoms with Crippen LogP contribution in [0, 0.1) is 37.8 Å². The highest BCUT2D eigenvalue weighted by Gasteiger charge is 2.40. The molecule has 4 rings (SSSR count). The summed E-state index contributed by atoms with van der Waals surface area (Å²) in [4.78, 5) is 13.9. The maximum absolute atomic E-state index is 13.8. The van der Waals surface area contributed by atoms with Crippen LogP contribution in [-0.2, 0) is 15.1 Å². The Morgan fingerprint density at radius 2 is 1.79 bits per heavy atom. The summed E-state index contributed by atoms with van der Waals surface area (Å²) < 4.78 is 38.9. The van der Waals surface area contributed by atoms with Gasteiger partial charge in [0.05, 0.1) is 5.56 Å². The van der Waals surface area contributed by atoms with Gasteiger partial charge in [0.1, 0.15) is 16.7 Å². The van der Waals surface area contributed by atoms with Crippen molar-refractivity contribution >= 4 is 16.4 Å². The number of aryl methyl sites for hydroxylation is 2. The topological polar surface area (TPSA) is 35.5 Å². The summed E-state index contributed by atoms with van der Waals surface area (Å²) in [7, 11) is -0.186. The normalized spacial score (nSPS) is 15.2. The van der Waals surface area contributed by atoms with E-state index < -0.39 is 23.2 Å². The van der Waals surface area contributed by atoms with Gasteiger partial charge in [0.25, 0.3) is 0 Å². The third-order valence-corrected chi connectivity index (χ3v) is 7.74. The molecule has 0 bridgehead atoms. The molecule has 170 valence electrons. The molecule has 6 heteroatoms. The Bertz CT molecular complexity index is 1210. The molecular formula is C27H25F2O3S+. The Hall–Kier alpha value is -3.17. The summed E-state index contributed by atoms with van der Waals surface area (Å²) in [5.74, 6) is 0.888. The van der Waals surface area contributed by atoms with E-state index in [4.69, 9.17) is 15.9 Å². The lowest BCUT2D eigenvalue weighted by molar-refractivity contribution is -0.163. The highest BCUT2D eigenvalue weighted by molar-refractivity contribution is 7.37. The van der Waals surface area contributed by atoms with E-state index >= 15 is 0 Å². The Labute approximate surface area is 195 Å². The fourth-order valence-electron chi connectivity index (χ4n) is 4.42. The van der Waals surface area contributed by atoms with Crippen molar-refractivity contribution in [2.75, 3.05) is 6.61 Å². The van der Waals surface area contributed by atoms with E-state index in [1.807, 2.05) is 32.0 Å². The van der Waals surface area contributed by atoms with Gasteiger partial charge in [0.2, 0.25) is 0 Å². The third-order valence-electron chi connectivity index (χ3n) is 6.02. The molecule has 1 atom stereocenters. The zero-order valence-corrected chi connectivity index (χ0v) is 19.4. The lowest BCUT2D eigenvalue weighted by Crippen LogP contribution is -2.32. The van der Waals surface area contributed by atoms with E-state index in [2.05, 4.69) is 16.7 Å². The predicted molar refractivity (Wildman–Crippen MR) is 126 cm³/mol. The SMILES string of the molecule is C#Cc1cc[s+](-c2cc(C)c(OCC(=O)OC3(c4ccc(F)c(F)c4)CCCC3)c(C)c2)c1. The van der Waals surface area contributed by atoms with Crippen molar-refractivity contribution < 1.29 is 23.0 Å². The fourth-order valence-corrected chi connectivity index (χ4v) is 6.13. The smallest absolute Gasteiger partial charge is 0.345 e. The van der Waals surface area contributed by atoms with Gasteiger partial charge in [-0.3, -0.25) is 0 Å². The number of hydrogen-bond donors (Lipinski definition) is 0. The molecule has 3 nitrogen and oxygen atoms in total. The van der Waals surface area contributed by atoms with Gasteiger partial charge in [-0.25, -0.2) is 13.6 Å². The summed E-state index contributed by atoms with van der Waals surface area (Å²) in [5.41, 5.74) is 2.24. The van der Waals surface area contributed by atoms with Gasteiger partial charge >= 0.3 is 5.97 Å². The quantitative estimate of drug-likeness (QED) is 0.230. The molecule has 2 aromatic carbocycles. The average Bonchev–Trinajstić information content (AvgIpc) is 3.45. The molecule has 33 heavy (non-hydrogen) atoms. The van der Waals surface area contributed by atoms with Crippen molar-refractivity contribution in [3.8, 4) is 23.0 Å². The number of halogens is 2. The largest absolute Gasteiger partial charge is 0.481 e. The molecular weight excluding hydrogens is 442 g/mol. The molecule has 1 unspecified atom stereocenters. The number of carbonyl (C=O) groups is 1. The van der Waals surface area contributed by atoms with Crippen LogP contribution in [0.4, 0.5) is 8.78 Å². The second-order valence-electron chi connectivity index (χ2n) is 8.37. The number of hydrogen-bond acceptors (Lipinski definition) is 3. The van der Waals surface area contributed by atoms with Crippen LogP contribution < -0.4 is 4.74 Å². The molecule has 0 amide bonds. The lowest BCUT2D eigenvalue weighted by Gasteiger charge is -2.30. The van der Waals surface area contributed by atoms with Crippen LogP contribution >= 0.6 is 10.5 Å². The third kappa shape index (κ3) is 4.79. The first-order valence-corrected chi connectivity index (χ1v) is 12.2. The van der Waals surface area contributed by atoms with Crippen molar-refractivity contribution in [1.82, 2.24) is 0 Å². The summed E-state index contributed by atoms with van der Waals surface area (Å²) >= 11 is 0. The van der Waals surface area contributed by atoms with Gasteiger partial charge < -0.3 is 9.47 Å². The van der Waals surface area contributed by atoms with E-state index in [-0.39, 0.29) is 17.1 Å². The summed E-state index contributed by atoms with van der Waals surface area (Å²) in [6.45, 7) is 3.61. The molecule has 3 aromatic rings. The molecule has 1 aliphatic rings. The van der Waals surface area contributed by atoms with Crippen molar-refractivity contribution in [3.63, 3.8) is 0 Å². The van der Waals surface area contributed by atoms with Crippen LogP contribution in [0.25, 0.3) is 4.90 Å². The van der Waals surface area contributed by atoms with Gasteiger partial charge in [0, 0.05) is 28.7 Å². The van der Waals surface area contributed by atoms with E-state index in [0.717, 1.165) is 46.6 Å². The van der Waals surface area contributed by atoms with Gasteiger partial charge in [-0.15, -0.1) is 6.42 Å². The molecule has 1 heterocycles. The van der Waals surface area contributed by atoms with E-state index in [0.29, 0.717) is 24.2 Å². The second-order valence-corrected chi connectivity index (χ2v) is 10.1. The number of terminal acetylenes is 1. The van der Waals surface area contributed by atoms with Crippen molar-refractivity contribution in [2.45, 2.75) is 45.1 Å². The first kappa shape index (κ1) is 23.0. The summed E-state index contributed by atoms with van der Waals surface area (Å²) in [6.07, 6.45) is 8.31. The Balaban J connectivity index is 1.48. The summed E-state index contributed by atoms with van der Waals surface area (Å²) in [6, 6.07) is 9.71. The van der Waals surface area contributed by atoms with E-state index in [9.17, 15) is 13.6 Å². The molecule has 1 aromatic heterocycles. The zero-order valence-electron chi connectivity index (χ0n) is 18.6. The molecule has 0 N–H and O–H groups in total. The van der Waals surface area contributed by atoms with Crippen molar-refractivity contribution in [2.24, 2.45) is 0 Å². The number of thiophene rings is 1. The van der Waals surface area contributed by atoms with Crippen LogP contribution in [0.3, 0.4) is 0 Å². The highest BCUT2D eigenvalue weighted by Crippen LogP contribution is 2.43. The minimum atomic E-state index is -0.945. The minimum Gasteiger partial charge on any atom is -0.481 e. The summed E-state index contributed by atoms with van der Waals surface area (Å²) in [5, 5.41) is 4.14. The number of rotatable bonds is 6. The molecule has 0 saturated heterocycles. The van der Waals surface area contributed by atoms with Gasteiger partial charge in [-0.2, -0.15) is 0 Å². The molecule has 0 aliphatic heterocycles. The zero-order chi connectivity index (χ0) is 23.6. The van der Waals surface area contributed by atoms with Crippen molar-refractivity contribution in [3.05, 3.63) is 81.0 Å². The first-order valence-electron chi connectivity index (χ1n) is 10.8. The maximum Gasteiger partial charge on any atom is 0.345 e. The van der Waals surface area contributed by atoms with Crippen LogP contribution in [0.15, 0.2) is 47.2 Å². The van der Waals surface area contributed by atoms with Gasteiger partial charge in [-0.1, -0.05) is 12.0 Å². The number of benzene rings is 2. The number of esters is 1. The molecule has 0 radical (unpaired) electrons. The monoisotopic (exact) mass is 467 g/mol. The predicted octanol–water partition coefficient (Wildman–Crippen LogP) is 6.69. The molecule has 1 aliphatic carbocycles. The van der Waals surface area contributed by atoms with Crippen LogP contribution in [0.2, 0.25) is 0 Å². The first-order chi connectivity index (χ1) is 15.8. The van der Waals surface area contributed by atoms with Crippen molar-refractivity contribution in [1.29, 1.82) is 0 Å². The average molecular weight is 468 g/mol. The van der Waals surface area contributed by atoms with E-state index in [1.54, 1.807) is 0 Å². The van der Waals surface area contributed by atoms with Crippen LogP contribution in [0.1, 0.15) is 47.9 Å². The standard InChI is InChI=1S/C27H25F2O3S/c1-4-20-9-12-33(17-20)22-13-18(2)26(19(3)14-22)31-16-25(30)32-27(10-5-6-11-27)21-7-8-23(28)24(29)15-21/h1,7-9,12-15,17H,5-6,10-11,16H2,2-3H3/q+1. The van der Waals surface area contributed by atoms with E-state index in [1.165, 1.54) is 6.07 Å². The van der Waals surface area contributed by atoms with Gasteiger partial charge in [0.15, 0.2) is 28.5 Å². The minimum absolute atomic E-state index is 0.186. The van der Waals surface area contributed by atoms with Gasteiger partial charge in [-0.05, 0) is 68.4 Å². The van der Waals surface area contributed by atoms with Crippen LogP contribution in [-0.4, -0.2) is 12.6 Å².